The molecule has 0 heterocycles. The van der Waals surface area contributed by atoms with Crippen LogP contribution in [0.4, 0.5) is 4.79 Å². The first-order valence-corrected chi connectivity index (χ1v) is 8.61. The molecule has 1 aliphatic rings. The molecule has 1 atom stereocenters. The summed E-state index contributed by atoms with van der Waals surface area (Å²) < 4.78 is 5.04. The predicted octanol–water partition coefficient (Wildman–Crippen LogP) is 3.50. The van der Waals surface area contributed by atoms with Gasteiger partial charge in [-0.25, -0.2) is 4.79 Å². The lowest BCUT2D eigenvalue weighted by Crippen LogP contribution is -2.41. The van der Waals surface area contributed by atoms with E-state index in [1.807, 2.05) is 6.92 Å². The van der Waals surface area contributed by atoms with E-state index in [1.54, 1.807) is 18.9 Å². The van der Waals surface area contributed by atoms with Crippen molar-refractivity contribution in [1.29, 1.82) is 0 Å². The molecule has 2 N–H and O–H groups in total. The largest absolute Gasteiger partial charge is 0.384 e. The minimum absolute atomic E-state index is 0.00705. The zero-order valence-electron chi connectivity index (χ0n) is 13.2. The van der Waals surface area contributed by atoms with Gasteiger partial charge in [0.25, 0.3) is 0 Å². The molecule has 5 heteroatoms. The number of hydrogen-bond acceptors (Lipinski definition) is 3. The second kappa shape index (κ2) is 8.86. The number of carbonyl (C=O) groups is 1. The molecule has 4 nitrogen and oxygen atoms in total. The van der Waals surface area contributed by atoms with E-state index in [0.717, 1.165) is 30.8 Å². The van der Waals surface area contributed by atoms with Gasteiger partial charge in [-0.15, -0.1) is 11.8 Å². The lowest BCUT2D eigenvalue weighted by molar-refractivity contribution is 0.218. The third-order valence-corrected chi connectivity index (χ3v) is 4.60. The van der Waals surface area contributed by atoms with E-state index < -0.39 is 0 Å². The van der Waals surface area contributed by atoms with Gasteiger partial charge < -0.3 is 15.4 Å². The van der Waals surface area contributed by atoms with Crippen molar-refractivity contribution < 1.29 is 9.53 Å². The quantitative estimate of drug-likeness (QED) is 0.459. The topological polar surface area (TPSA) is 50.4 Å². The van der Waals surface area contributed by atoms with Crippen LogP contribution in [-0.4, -0.2) is 31.5 Å². The van der Waals surface area contributed by atoms with Gasteiger partial charge in [-0.2, -0.15) is 0 Å². The molecule has 0 saturated carbocycles. The summed E-state index contributed by atoms with van der Waals surface area (Å²) in [6.45, 7) is 2.75. The van der Waals surface area contributed by atoms with Crippen molar-refractivity contribution in [2.75, 3.05) is 19.5 Å². The van der Waals surface area contributed by atoms with Crippen molar-refractivity contribution in [3.63, 3.8) is 0 Å². The summed E-state index contributed by atoms with van der Waals surface area (Å²) in [5.41, 5.74) is 1.11. The summed E-state index contributed by atoms with van der Waals surface area (Å²) in [7, 11) is 1.71. The molecule has 0 saturated heterocycles. The Kier molecular flexibility index (Phi) is 6.80. The Morgan fingerprint density at radius 2 is 2.00 bits per heavy atom. The van der Waals surface area contributed by atoms with Gasteiger partial charge in [-0.3, -0.25) is 0 Å². The van der Waals surface area contributed by atoms with Crippen LogP contribution in [0.1, 0.15) is 31.4 Å². The second-order valence-electron chi connectivity index (χ2n) is 5.39. The van der Waals surface area contributed by atoms with Crippen LogP contribution in [0.25, 0.3) is 0 Å². The average molecular weight is 320 g/mol. The first-order chi connectivity index (χ1) is 10.7. The Balaban J connectivity index is 1.78. The van der Waals surface area contributed by atoms with Crippen LogP contribution in [0.15, 0.2) is 41.3 Å². The Morgan fingerprint density at radius 3 is 2.64 bits per heavy atom. The average Bonchev–Trinajstić information content (AvgIpc) is 3.01. The lowest BCUT2D eigenvalue weighted by Gasteiger charge is -2.18. The smallest absolute Gasteiger partial charge is 0.315 e. The Bertz CT molecular complexity index is 494. The predicted molar refractivity (Wildman–Crippen MR) is 91.3 cm³/mol. The molecule has 1 aliphatic carbocycles. The molecule has 0 aromatic heterocycles. The zero-order valence-corrected chi connectivity index (χ0v) is 14.0. The fourth-order valence-corrected chi connectivity index (χ4v) is 3.15. The number of nitrogens with one attached hydrogen (secondary N) is 2. The zero-order chi connectivity index (χ0) is 15.8. The van der Waals surface area contributed by atoms with E-state index in [9.17, 15) is 4.79 Å². The maximum atomic E-state index is 12.0. The molecule has 22 heavy (non-hydrogen) atoms. The normalized spacial score (nSPS) is 15.7. The number of amides is 2. The highest BCUT2D eigenvalue weighted by Crippen LogP contribution is 2.21. The fourth-order valence-electron chi connectivity index (χ4n) is 2.34. The number of methoxy groups -OCH3 is 1. The van der Waals surface area contributed by atoms with Gasteiger partial charge in [0, 0.05) is 23.8 Å². The van der Waals surface area contributed by atoms with Crippen LogP contribution in [0, 0.1) is 0 Å². The van der Waals surface area contributed by atoms with Crippen LogP contribution < -0.4 is 10.6 Å². The first kappa shape index (κ1) is 16.9. The van der Waals surface area contributed by atoms with Gasteiger partial charge >= 0.3 is 6.03 Å². The second-order valence-corrected chi connectivity index (χ2v) is 6.56. The molecule has 0 radical (unpaired) electrons. The molecule has 0 fully saturated rings. The summed E-state index contributed by atoms with van der Waals surface area (Å²) in [5, 5.41) is 5.98. The van der Waals surface area contributed by atoms with Crippen LogP contribution in [-0.2, 0) is 4.74 Å². The highest BCUT2D eigenvalue weighted by molar-refractivity contribution is 7.99. The van der Waals surface area contributed by atoms with Crippen molar-refractivity contribution in [1.82, 2.24) is 10.6 Å². The number of benzene rings is 1. The van der Waals surface area contributed by atoms with Crippen LogP contribution in [0.5, 0.6) is 0 Å². The van der Waals surface area contributed by atoms with Crippen molar-refractivity contribution >= 4 is 17.8 Å². The number of thioether (sulfide) groups is 1. The summed E-state index contributed by atoms with van der Waals surface area (Å²) in [6.07, 6.45) is 6.06. The van der Waals surface area contributed by atoms with Gasteiger partial charge in [0.05, 0.1) is 12.6 Å². The lowest BCUT2D eigenvalue weighted by atomic mass is 10.1. The van der Waals surface area contributed by atoms with Crippen LogP contribution in [0.3, 0.4) is 0 Å². The fraction of sp³-hybridized carbons (Fsp3) is 0.471. The van der Waals surface area contributed by atoms with E-state index >= 15 is 0 Å². The Hall–Kier alpha value is -1.46. The Labute approximate surface area is 136 Å². The summed E-state index contributed by atoms with van der Waals surface area (Å²) in [5.74, 6) is 0.946. The summed E-state index contributed by atoms with van der Waals surface area (Å²) in [4.78, 5) is 13.2. The number of carbonyl (C=O) groups excluding carboxylic acids is 1. The minimum Gasteiger partial charge on any atom is -0.384 e. The highest BCUT2D eigenvalue weighted by Gasteiger charge is 2.15. The van der Waals surface area contributed by atoms with E-state index in [2.05, 4.69) is 47.1 Å². The van der Waals surface area contributed by atoms with Gasteiger partial charge in [-0.05, 0) is 37.5 Å². The molecule has 120 valence electrons. The number of hydrogen-bond donors (Lipinski definition) is 2. The molecule has 0 aliphatic heterocycles. The molecule has 0 spiro atoms. The third-order valence-electron chi connectivity index (χ3n) is 3.63. The standard InChI is InChI=1S/C17H24N2O2S/c1-13(18-17(20)19-15-5-3-4-6-15)14-7-9-16(10-8-14)22-12-11-21-2/h3-4,7-10,13,15H,5-6,11-12H2,1-2H3,(H2,18,19,20)/t13-/m1/s1. The minimum atomic E-state index is -0.0975. The van der Waals surface area contributed by atoms with Crippen LogP contribution in [0.2, 0.25) is 0 Å². The van der Waals surface area contributed by atoms with Crippen molar-refractivity contribution in [3.8, 4) is 0 Å². The molecule has 2 rings (SSSR count). The maximum absolute atomic E-state index is 12.0. The van der Waals surface area contributed by atoms with E-state index in [1.165, 1.54) is 4.90 Å². The van der Waals surface area contributed by atoms with Gasteiger partial charge in [0.2, 0.25) is 0 Å². The van der Waals surface area contributed by atoms with Gasteiger partial charge in [-0.1, -0.05) is 24.3 Å². The maximum Gasteiger partial charge on any atom is 0.315 e. The SMILES string of the molecule is COCCSc1ccc([C@@H](C)NC(=O)NC2CC=CC2)cc1. The van der Waals surface area contributed by atoms with Gasteiger partial charge in [0.1, 0.15) is 0 Å². The molecular weight excluding hydrogens is 296 g/mol. The van der Waals surface area contributed by atoms with E-state index in [4.69, 9.17) is 4.74 Å². The van der Waals surface area contributed by atoms with Crippen molar-refractivity contribution in [3.05, 3.63) is 42.0 Å². The number of urea groups is 1. The number of rotatable bonds is 7. The molecule has 0 bridgehead atoms. The van der Waals surface area contributed by atoms with Gasteiger partial charge in [0.15, 0.2) is 0 Å². The third kappa shape index (κ3) is 5.39. The molecule has 1 aromatic carbocycles. The molecule has 2 amide bonds. The highest BCUT2D eigenvalue weighted by atomic mass is 32.2. The van der Waals surface area contributed by atoms with Crippen molar-refractivity contribution in [2.45, 2.75) is 36.7 Å². The number of ether oxygens (including phenoxy) is 1. The monoisotopic (exact) mass is 320 g/mol. The Morgan fingerprint density at radius 1 is 1.32 bits per heavy atom. The van der Waals surface area contributed by atoms with Crippen molar-refractivity contribution in [2.24, 2.45) is 0 Å². The van der Waals surface area contributed by atoms with E-state index in [0.29, 0.717) is 0 Å². The molecule has 0 unspecified atom stereocenters. The summed E-state index contributed by atoms with van der Waals surface area (Å²) in [6, 6.07) is 8.45. The first-order valence-electron chi connectivity index (χ1n) is 7.62. The summed E-state index contributed by atoms with van der Waals surface area (Å²) >= 11 is 1.77. The molecule has 1 aromatic rings. The van der Waals surface area contributed by atoms with E-state index in [-0.39, 0.29) is 18.1 Å². The van der Waals surface area contributed by atoms with Crippen LogP contribution >= 0.6 is 11.8 Å². The molecular formula is C17H24N2O2S.